The molecule has 0 aromatic carbocycles. The molecule has 2 nitrogen and oxygen atoms in total. The monoisotopic (exact) mass is 130 g/mol. The van der Waals surface area contributed by atoms with Crippen molar-refractivity contribution in [1.82, 2.24) is 0 Å². The lowest BCUT2D eigenvalue weighted by Crippen LogP contribution is -2.04. The fraction of sp³-hybridized carbons (Fsp3) is 1.00. The van der Waals surface area contributed by atoms with Crippen LogP contribution in [-0.2, 0) is 4.74 Å². The molecular weight excluding hydrogens is 114 g/mol. The summed E-state index contributed by atoms with van der Waals surface area (Å²) in [6.07, 6.45) is 1.05. The number of hydrogen-bond acceptors (Lipinski definition) is 1. The van der Waals surface area contributed by atoms with Gasteiger partial charge in [0.25, 0.3) is 0 Å². The second-order valence-corrected chi connectivity index (χ2v) is 2.09. The van der Waals surface area contributed by atoms with Gasteiger partial charge in [0.15, 0.2) is 0 Å². The van der Waals surface area contributed by atoms with Crippen molar-refractivity contribution < 1.29 is 4.74 Å². The minimum absolute atomic E-state index is 0.455. The molecule has 0 saturated carbocycles. The largest absolute Gasteiger partial charge is 0.662 e. The van der Waals surface area contributed by atoms with Crippen LogP contribution in [0.3, 0.4) is 0 Å². The molecule has 2 heteroatoms. The molecule has 56 valence electrons. The molecule has 0 aliphatic carbocycles. The zero-order valence-electron chi connectivity index (χ0n) is 6.55. The maximum atomic E-state index is 5.15. The van der Waals surface area contributed by atoms with E-state index in [1.54, 1.807) is 0 Å². The van der Waals surface area contributed by atoms with E-state index in [2.05, 4.69) is 12.2 Å². The van der Waals surface area contributed by atoms with E-state index in [0.29, 0.717) is 6.04 Å². The van der Waals surface area contributed by atoms with Gasteiger partial charge in [0.1, 0.15) is 0 Å². The quantitative estimate of drug-likeness (QED) is 0.520. The van der Waals surface area contributed by atoms with E-state index in [0.717, 1.165) is 19.6 Å². The molecule has 0 heterocycles. The molecule has 0 radical (unpaired) electrons. The van der Waals surface area contributed by atoms with Crippen LogP contribution < -0.4 is 0 Å². The Kier molecular flexibility index (Phi) is 5.99. The van der Waals surface area contributed by atoms with Crippen molar-refractivity contribution in [3.8, 4) is 0 Å². The van der Waals surface area contributed by atoms with Crippen LogP contribution in [0.5, 0.6) is 0 Å². The molecule has 0 aromatic rings. The van der Waals surface area contributed by atoms with Gasteiger partial charge in [-0.05, 0) is 13.3 Å². The summed E-state index contributed by atoms with van der Waals surface area (Å²) in [6, 6.07) is 0.455. The highest BCUT2D eigenvalue weighted by Gasteiger charge is 1.86. The summed E-state index contributed by atoms with van der Waals surface area (Å²) >= 11 is 0. The van der Waals surface area contributed by atoms with E-state index in [-0.39, 0.29) is 0 Å². The Balaban J connectivity index is 2.88. The smallest absolute Gasteiger partial charge is 0.0451 e. The van der Waals surface area contributed by atoms with Crippen LogP contribution in [0.1, 0.15) is 20.3 Å². The second kappa shape index (κ2) is 6.05. The fourth-order valence-corrected chi connectivity index (χ4v) is 0.527. The molecule has 0 spiro atoms. The number of rotatable bonds is 5. The summed E-state index contributed by atoms with van der Waals surface area (Å²) in [5.41, 5.74) is 0. The summed E-state index contributed by atoms with van der Waals surface area (Å²) in [7, 11) is 1.84. The summed E-state index contributed by atoms with van der Waals surface area (Å²) in [5.74, 6) is 0. The van der Waals surface area contributed by atoms with Crippen LogP contribution in [0.25, 0.3) is 5.32 Å². The van der Waals surface area contributed by atoms with Gasteiger partial charge in [-0.1, -0.05) is 6.92 Å². The van der Waals surface area contributed by atoms with Crippen LogP contribution >= 0.6 is 0 Å². The average Bonchev–Trinajstić information content (AvgIpc) is 1.89. The van der Waals surface area contributed by atoms with Crippen LogP contribution in [0.15, 0.2) is 0 Å². The lowest BCUT2D eigenvalue weighted by Gasteiger charge is -2.21. The molecule has 0 aromatic heterocycles. The van der Waals surface area contributed by atoms with Gasteiger partial charge in [0.05, 0.1) is 0 Å². The van der Waals surface area contributed by atoms with E-state index < -0.39 is 0 Å². The Morgan fingerprint density at radius 1 is 1.56 bits per heavy atom. The number of nitrogens with zero attached hydrogens (tertiary/aromatic N) is 1. The topological polar surface area (TPSA) is 23.3 Å². The first-order valence-corrected chi connectivity index (χ1v) is 3.48. The van der Waals surface area contributed by atoms with Gasteiger partial charge < -0.3 is 10.1 Å². The zero-order chi connectivity index (χ0) is 7.11. The highest BCUT2D eigenvalue weighted by molar-refractivity contribution is 4.80. The van der Waals surface area contributed by atoms with Crippen LogP contribution in [0.2, 0.25) is 0 Å². The Morgan fingerprint density at radius 2 is 2.22 bits per heavy atom. The summed E-state index contributed by atoms with van der Waals surface area (Å²) < 4.78 is 5.15. The standard InChI is InChI=1S/C7H16NO/c1-4-9-6-5-7(2)8-3/h7H,4-6H2,1-3H3/q-1. The van der Waals surface area contributed by atoms with Gasteiger partial charge in [-0.2, -0.15) is 7.05 Å². The minimum Gasteiger partial charge on any atom is -0.662 e. The predicted octanol–water partition coefficient (Wildman–Crippen LogP) is 1.81. The van der Waals surface area contributed by atoms with E-state index in [4.69, 9.17) is 4.74 Å². The van der Waals surface area contributed by atoms with Gasteiger partial charge in [0.2, 0.25) is 0 Å². The summed E-state index contributed by atoms with van der Waals surface area (Å²) in [4.78, 5) is 0. The van der Waals surface area contributed by atoms with Crippen molar-refractivity contribution in [2.24, 2.45) is 0 Å². The van der Waals surface area contributed by atoms with Gasteiger partial charge in [-0.3, -0.25) is 0 Å². The zero-order valence-corrected chi connectivity index (χ0v) is 6.55. The highest BCUT2D eigenvalue weighted by atomic mass is 16.5. The van der Waals surface area contributed by atoms with Crippen molar-refractivity contribution in [3.63, 3.8) is 0 Å². The van der Waals surface area contributed by atoms with Crippen molar-refractivity contribution in [2.75, 3.05) is 20.3 Å². The summed E-state index contributed by atoms with van der Waals surface area (Å²) in [6.45, 7) is 5.76. The van der Waals surface area contributed by atoms with Gasteiger partial charge in [0, 0.05) is 13.2 Å². The molecule has 0 N–H and O–H groups in total. The molecule has 0 saturated heterocycles. The SMILES string of the molecule is CCOCCC(C)[N-]C. The molecule has 0 rings (SSSR count). The fourth-order valence-electron chi connectivity index (χ4n) is 0.527. The molecule has 1 unspecified atom stereocenters. The normalized spacial score (nSPS) is 13.7. The van der Waals surface area contributed by atoms with Crippen LogP contribution in [0, 0.1) is 0 Å². The predicted molar refractivity (Wildman–Crippen MR) is 39.9 cm³/mol. The number of hydrogen-bond donors (Lipinski definition) is 0. The average molecular weight is 130 g/mol. The molecule has 0 aliphatic rings. The second-order valence-electron chi connectivity index (χ2n) is 2.09. The molecule has 1 atom stereocenters. The first kappa shape index (κ1) is 8.92. The van der Waals surface area contributed by atoms with Crippen molar-refractivity contribution >= 4 is 0 Å². The Morgan fingerprint density at radius 3 is 2.67 bits per heavy atom. The third-order valence-electron chi connectivity index (χ3n) is 1.32. The third kappa shape index (κ3) is 5.80. The molecule has 0 fully saturated rings. The molecule has 9 heavy (non-hydrogen) atoms. The third-order valence-corrected chi connectivity index (χ3v) is 1.32. The van der Waals surface area contributed by atoms with Gasteiger partial charge >= 0.3 is 0 Å². The van der Waals surface area contributed by atoms with E-state index in [1.165, 1.54) is 0 Å². The molecular formula is C7H16NO-. The van der Waals surface area contributed by atoms with Crippen LogP contribution in [-0.4, -0.2) is 26.3 Å². The lowest BCUT2D eigenvalue weighted by molar-refractivity contribution is 0.143. The molecule has 0 amide bonds. The van der Waals surface area contributed by atoms with E-state index in [9.17, 15) is 0 Å². The highest BCUT2D eigenvalue weighted by Crippen LogP contribution is 1.99. The van der Waals surface area contributed by atoms with Crippen molar-refractivity contribution in [2.45, 2.75) is 26.3 Å². The van der Waals surface area contributed by atoms with E-state index >= 15 is 0 Å². The van der Waals surface area contributed by atoms with Gasteiger partial charge in [-0.15, -0.1) is 6.04 Å². The van der Waals surface area contributed by atoms with Gasteiger partial charge in [-0.25, -0.2) is 0 Å². The maximum absolute atomic E-state index is 5.15. The Bertz CT molecular complexity index is 56.9. The van der Waals surface area contributed by atoms with Crippen molar-refractivity contribution in [3.05, 3.63) is 5.32 Å². The number of ether oxygens (including phenoxy) is 1. The van der Waals surface area contributed by atoms with Crippen molar-refractivity contribution in [1.29, 1.82) is 0 Å². The first-order valence-electron chi connectivity index (χ1n) is 3.48. The molecule has 0 bridgehead atoms. The molecule has 0 aliphatic heterocycles. The minimum atomic E-state index is 0.455. The Labute approximate surface area is 57.6 Å². The lowest BCUT2D eigenvalue weighted by atomic mass is 10.2. The maximum Gasteiger partial charge on any atom is 0.0451 e. The summed E-state index contributed by atoms with van der Waals surface area (Å²) in [5, 5.41) is 4.08. The van der Waals surface area contributed by atoms with E-state index in [1.807, 2.05) is 14.0 Å². The van der Waals surface area contributed by atoms with Crippen LogP contribution in [0.4, 0.5) is 0 Å². The first-order chi connectivity index (χ1) is 4.31. The Hall–Kier alpha value is -0.0800.